The Bertz CT molecular complexity index is 206. The maximum atomic E-state index is 3.00. The molecule has 128 valence electrons. The van der Waals surface area contributed by atoms with E-state index in [1.54, 1.807) is 0 Å². The van der Waals surface area contributed by atoms with E-state index in [2.05, 4.69) is 60.0 Å². The first-order valence-corrected chi connectivity index (χ1v) is 8.80. The molecule has 0 aliphatic carbocycles. The van der Waals surface area contributed by atoms with Gasteiger partial charge in [-0.2, -0.15) is 0 Å². The number of rotatable bonds is 9. The van der Waals surface area contributed by atoms with Crippen molar-refractivity contribution < 1.29 is 0 Å². The molecule has 0 saturated carbocycles. The molecule has 1 N–H and O–H groups in total. The molecule has 0 heterocycles. The van der Waals surface area contributed by atoms with E-state index in [4.69, 9.17) is 0 Å². The van der Waals surface area contributed by atoms with Crippen LogP contribution in [0.4, 0.5) is 0 Å². The zero-order valence-corrected chi connectivity index (χ0v) is 16.1. The molecule has 0 aliphatic heterocycles. The van der Waals surface area contributed by atoms with Gasteiger partial charge in [0.2, 0.25) is 0 Å². The molecule has 0 aliphatic rings. The van der Waals surface area contributed by atoms with Crippen LogP contribution in [0, 0.1) is 11.8 Å². The zero-order chi connectivity index (χ0) is 17.1. The van der Waals surface area contributed by atoms with Crippen molar-refractivity contribution in [3.05, 3.63) is 24.9 Å². The van der Waals surface area contributed by atoms with Crippen molar-refractivity contribution >= 4 is 0 Å². The van der Waals surface area contributed by atoms with E-state index >= 15 is 0 Å². The van der Waals surface area contributed by atoms with Crippen LogP contribution >= 0.6 is 0 Å². The summed E-state index contributed by atoms with van der Waals surface area (Å²) in [7, 11) is 1.92. The molecule has 1 unspecified atom stereocenters. The van der Waals surface area contributed by atoms with Gasteiger partial charge < -0.3 is 5.32 Å². The highest BCUT2D eigenvalue weighted by atomic mass is 14.8. The minimum atomic E-state index is 0.888. The van der Waals surface area contributed by atoms with Crippen molar-refractivity contribution in [3.8, 4) is 0 Å². The predicted octanol–water partition coefficient (Wildman–Crippen LogP) is 6.96. The van der Waals surface area contributed by atoms with Crippen LogP contribution in [0.25, 0.3) is 0 Å². The summed E-state index contributed by atoms with van der Waals surface area (Å²) < 4.78 is 0. The van der Waals surface area contributed by atoms with Crippen LogP contribution in [-0.4, -0.2) is 7.05 Å². The van der Waals surface area contributed by atoms with Crippen molar-refractivity contribution in [1.29, 1.82) is 0 Å². The summed E-state index contributed by atoms with van der Waals surface area (Å²) in [6.45, 7) is 19.6. The Hall–Kier alpha value is -0.720. The normalized spacial score (nSPS) is 11.9. The van der Waals surface area contributed by atoms with E-state index in [0.29, 0.717) is 0 Å². The van der Waals surface area contributed by atoms with E-state index in [0.717, 1.165) is 18.3 Å². The maximum Gasteiger partial charge on any atom is 0.00276 e. The third-order valence-corrected chi connectivity index (χ3v) is 3.49. The lowest BCUT2D eigenvalue weighted by atomic mass is 9.95. The Morgan fingerprint density at radius 3 is 1.90 bits per heavy atom. The predicted molar refractivity (Wildman–Crippen MR) is 102 cm³/mol. The summed E-state index contributed by atoms with van der Waals surface area (Å²) in [6, 6.07) is 0. The Morgan fingerprint density at radius 1 is 1.00 bits per heavy atom. The first-order chi connectivity index (χ1) is 9.97. The molecule has 1 nitrogen and oxygen atoms in total. The molecule has 21 heavy (non-hydrogen) atoms. The van der Waals surface area contributed by atoms with Crippen LogP contribution < -0.4 is 5.32 Å². The van der Waals surface area contributed by atoms with Gasteiger partial charge in [-0.1, -0.05) is 78.7 Å². The summed E-state index contributed by atoms with van der Waals surface area (Å²) in [5.41, 5.74) is 1.39. The molecule has 0 saturated heterocycles. The van der Waals surface area contributed by atoms with Crippen molar-refractivity contribution in [2.45, 2.75) is 86.5 Å². The topological polar surface area (TPSA) is 12.0 Å². The Kier molecular flexibility index (Phi) is 25.9. The first-order valence-electron chi connectivity index (χ1n) is 8.80. The van der Waals surface area contributed by atoms with Crippen LogP contribution in [0.3, 0.4) is 0 Å². The van der Waals surface area contributed by atoms with Crippen LogP contribution in [0.1, 0.15) is 86.5 Å². The summed E-state index contributed by atoms with van der Waals surface area (Å²) >= 11 is 0. The molecule has 0 aromatic rings. The molecule has 0 fully saturated rings. The van der Waals surface area contributed by atoms with E-state index in [-0.39, 0.29) is 0 Å². The van der Waals surface area contributed by atoms with Gasteiger partial charge in [0.15, 0.2) is 0 Å². The molecule has 0 aromatic carbocycles. The van der Waals surface area contributed by atoms with E-state index < -0.39 is 0 Å². The lowest BCUT2D eigenvalue weighted by Crippen LogP contribution is -1.97. The molecule has 0 amide bonds. The second kappa shape index (κ2) is 21.6. The summed E-state index contributed by atoms with van der Waals surface area (Å²) in [5.74, 6) is 1.84. The van der Waals surface area contributed by atoms with E-state index in [9.17, 15) is 0 Å². The Morgan fingerprint density at radius 2 is 1.57 bits per heavy atom. The van der Waals surface area contributed by atoms with Gasteiger partial charge in [0.1, 0.15) is 0 Å². The van der Waals surface area contributed by atoms with Crippen molar-refractivity contribution in [1.82, 2.24) is 5.32 Å². The van der Waals surface area contributed by atoms with Gasteiger partial charge in [0, 0.05) is 7.05 Å². The molecular weight excluding hydrogens is 254 g/mol. The van der Waals surface area contributed by atoms with Gasteiger partial charge in [0.05, 0.1) is 0 Å². The fourth-order valence-corrected chi connectivity index (χ4v) is 1.85. The number of allylic oxidation sites excluding steroid dienone is 1. The average Bonchev–Trinajstić information content (AvgIpc) is 2.48. The van der Waals surface area contributed by atoms with Crippen molar-refractivity contribution in [2.24, 2.45) is 11.8 Å². The highest BCUT2D eigenvalue weighted by Gasteiger charge is 2.02. The van der Waals surface area contributed by atoms with Crippen LogP contribution in [0.2, 0.25) is 0 Å². The second-order valence-electron chi connectivity index (χ2n) is 6.21. The standard InChI is InChI=1S/C12H26.C6H13N.C2H4/c1-5-6-7-8-12(4)10-9-11(2)3;1-4-6(2)5-7-3;1-2/h11-12H,5-10H2,1-4H3;5,7H,4H2,1-3H3;1-2H2/b;6-5+;. The minimum Gasteiger partial charge on any atom is -0.394 e. The highest BCUT2D eigenvalue weighted by molar-refractivity contribution is 4.93. The van der Waals surface area contributed by atoms with Gasteiger partial charge in [-0.25, -0.2) is 0 Å². The third-order valence-electron chi connectivity index (χ3n) is 3.49. The number of nitrogens with one attached hydrogen (secondary N) is 1. The molecular formula is C20H43N. The first kappa shape index (κ1) is 25.2. The largest absolute Gasteiger partial charge is 0.394 e. The molecule has 0 bridgehead atoms. The summed E-state index contributed by atoms with van der Waals surface area (Å²) in [5, 5.41) is 2.96. The molecule has 0 radical (unpaired) electrons. The van der Waals surface area contributed by atoms with E-state index in [1.165, 1.54) is 44.1 Å². The summed E-state index contributed by atoms with van der Waals surface area (Å²) in [4.78, 5) is 0. The minimum absolute atomic E-state index is 0.888. The fraction of sp³-hybridized carbons (Fsp3) is 0.800. The van der Waals surface area contributed by atoms with Crippen LogP contribution in [0.5, 0.6) is 0 Å². The smallest absolute Gasteiger partial charge is 0.00276 e. The Balaban J connectivity index is -0.000000307. The number of hydrogen-bond acceptors (Lipinski definition) is 1. The number of hydrogen-bond donors (Lipinski definition) is 1. The van der Waals surface area contributed by atoms with Gasteiger partial charge in [-0.3, -0.25) is 0 Å². The molecule has 0 spiro atoms. The third kappa shape index (κ3) is 28.2. The second-order valence-corrected chi connectivity index (χ2v) is 6.21. The summed E-state index contributed by atoms with van der Waals surface area (Å²) in [6.07, 6.45) is 11.7. The maximum absolute atomic E-state index is 3.00. The van der Waals surface area contributed by atoms with E-state index in [1.807, 2.05) is 13.2 Å². The van der Waals surface area contributed by atoms with Crippen LogP contribution in [0.15, 0.2) is 24.9 Å². The quantitative estimate of drug-likeness (QED) is 0.358. The monoisotopic (exact) mass is 297 g/mol. The highest BCUT2D eigenvalue weighted by Crippen LogP contribution is 2.17. The van der Waals surface area contributed by atoms with Crippen LogP contribution in [-0.2, 0) is 0 Å². The van der Waals surface area contributed by atoms with Gasteiger partial charge >= 0.3 is 0 Å². The Labute approximate surface area is 136 Å². The SMILES string of the molecule is C=C.CC/C(C)=C/NC.CCCCCC(C)CCC(C)C. The van der Waals surface area contributed by atoms with Gasteiger partial charge in [-0.05, 0) is 31.4 Å². The average molecular weight is 298 g/mol. The lowest BCUT2D eigenvalue weighted by molar-refractivity contribution is 0.413. The molecule has 1 atom stereocenters. The van der Waals surface area contributed by atoms with Gasteiger partial charge in [0.25, 0.3) is 0 Å². The molecule has 0 aromatic heterocycles. The lowest BCUT2D eigenvalue weighted by Gasteiger charge is -2.12. The van der Waals surface area contributed by atoms with Crippen molar-refractivity contribution in [3.63, 3.8) is 0 Å². The van der Waals surface area contributed by atoms with Gasteiger partial charge in [-0.15, -0.1) is 13.2 Å². The zero-order valence-electron chi connectivity index (χ0n) is 16.1. The number of unbranched alkanes of at least 4 members (excludes halogenated alkanes) is 2. The molecule has 0 rings (SSSR count). The van der Waals surface area contributed by atoms with Crippen molar-refractivity contribution in [2.75, 3.05) is 7.05 Å². The molecule has 1 heteroatoms. The fourth-order valence-electron chi connectivity index (χ4n) is 1.85.